The lowest BCUT2D eigenvalue weighted by atomic mass is 10.1. The highest BCUT2D eigenvalue weighted by Gasteiger charge is 2.19. The van der Waals surface area contributed by atoms with E-state index in [2.05, 4.69) is 10.2 Å². The third-order valence-corrected chi connectivity index (χ3v) is 3.17. The second-order valence-corrected chi connectivity index (χ2v) is 4.36. The van der Waals surface area contributed by atoms with Crippen LogP contribution in [0.15, 0.2) is 18.2 Å². The van der Waals surface area contributed by atoms with Crippen molar-refractivity contribution in [3.05, 3.63) is 39.4 Å². The van der Waals surface area contributed by atoms with Crippen molar-refractivity contribution in [2.45, 2.75) is 13.5 Å². The number of benzene rings is 1. The number of rotatable bonds is 3. The number of nitrogens with one attached hydrogen (secondary N) is 1. The van der Waals surface area contributed by atoms with Gasteiger partial charge in [-0.05, 0) is 12.5 Å². The zero-order chi connectivity index (χ0) is 12.3. The van der Waals surface area contributed by atoms with Crippen LogP contribution in [0.25, 0.3) is 0 Å². The van der Waals surface area contributed by atoms with Crippen molar-refractivity contribution in [2.24, 2.45) is 0 Å². The molecule has 1 aromatic rings. The van der Waals surface area contributed by atoms with Gasteiger partial charge in [0.15, 0.2) is 0 Å². The van der Waals surface area contributed by atoms with E-state index in [0.29, 0.717) is 6.54 Å². The van der Waals surface area contributed by atoms with Crippen molar-refractivity contribution < 1.29 is 4.92 Å². The van der Waals surface area contributed by atoms with E-state index in [1.165, 1.54) is 0 Å². The molecule has 1 saturated heterocycles. The Kier molecular flexibility index (Phi) is 3.71. The van der Waals surface area contributed by atoms with Crippen molar-refractivity contribution in [2.75, 3.05) is 26.2 Å². The first-order chi connectivity index (χ1) is 8.18. The topological polar surface area (TPSA) is 58.4 Å². The molecule has 0 amide bonds. The molecular formula is C12H17N3O2. The molecule has 1 aromatic carbocycles. The van der Waals surface area contributed by atoms with Crippen LogP contribution < -0.4 is 5.32 Å². The van der Waals surface area contributed by atoms with Crippen LogP contribution in [-0.4, -0.2) is 36.0 Å². The number of aryl methyl sites for hydroxylation is 1. The molecule has 0 bridgehead atoms. The smallest absolute Gasteiger partial charge is 0.274 e. The van der Waals surface area contributed by atoms with Crippen molar-refractivity contribution in [1.29, 1.82) is 0 Å². The fraction of sp³-hybridized carbons (Fsp3) is 0.500. The zero-order valence-electron chi connectivity index (χ0n) is 9.98. The summed E-state index contributed by atoms with van der Waals surface area (Å²) in [5.74, 6) is 0. The largest absolute Gasteiger partial charge is 0.314 e. The molecule has 0 spiro atoms. The first-order valence-corrected chi connectivity index (χ1v) is 5.84. The van der Waals surface area contributed by atoms with E-state index in [0.717, 1.165) is 37.3 Å². The predicted molar refractivity (Wildman–Crippen MR) is 66.0 cm³/mol. The third kappa shape index (κ3) is 2.81. The lowest BCUT2D eigenvalue weighted by Crippen LogP contribution is -2.43. The third-order valence-electron chi connectivity index (χ3n) is 3.17. The number of piperazine rings is 1. The fourth-order valence-electron chi connectivity index (χ4n) is 2.16. The second kappa shape index (κ2) is 5.25. The number of hydrogen-bond donors (Lipinski definition) is 1. The quantitative estimate of drug-likeness (QED) is 0.634. The van der Waals surface area contributed by atoms with E-state index >= 15 is 0 Å². The molecule has 2 rings (SSSR count). The van der Waals surface area contributed by atoms with Crippen LogP contribution in [0.5, 0.6) is 0 Å². The molecule has 0 aliphatic carbocycles. The van der Waals surface area contributed by atoms with E-state index in [1.807, 2.05) is 13.0 Å². The maximum Gasteiger partial charge on any atom is 0.274 e. The van der Waals surface area contributed by atoms with Crippen LogP contribution in [-0.2, 0) is 6.54 Å². The Hall–Kier alpha value is -1.46. The first kappa shape index (κ1) is 12.0. The van der Waals surface area contributed by atoms with Gasteiger partial charge in [0.25, 0.3) is 5.69 Å². The molecule has 5 heteroatoms. The number of nitrogens with zero attached hydrogens (tertiary/aromatic N) is 2. The molecule has 92 valence electrons. The summed E-state index contributed by atoms with van der Waals surface area (Å²) >= 11 is 0. The standard InChI is InChI=1S/C12H17N3O2/c1-10-3-2-4-12(15(16)17)11(10)9-14-7-5-13-6-8-14/h2-4,13H,5-9H2,1H3. The minimum Gasteiger partial charge on any atom is -0.314 e. The molecular weight excluding hydrogens is 218 g/mol. The number of nitro benzene ring substituents is 1. The average Bonchev–Trinajstić information content (AvgIpc) is 2.33. The summed E-state index contributed by atoms with van der Waals surface area (Å²) in [7, 11) is 0. The van der Waals surface area contributed by atoms with Crippen LogP contribution in [0.4, 0.5) is 5.69 Å². The Bertz CT molecular complexity index is 414. The Morgan fingerprint density at radius 1 is 1.41 bits per heavy atom. The predicted octanol–water partition coefficient (Wildman–Crippen LogP) is 1.31. The molecule has 1 aliphatic rings. The minimum absolute atomic E-state index is 0.239. The SMILES string of the molecule is Cc1cccc([N+](=O)[O-])c1CN1CCNCC1. The fourth-order valence-corrected chi connectivity index (χ4v) is 2.16. The zero-order valence-corrected chi connectivity index (χ0v) is 9.98. The molecule has 0 unspecified atom stereocenters. The van der Waals surface area contributed by atoms with Crippen LogP contribution in [0.2, 0.25) is 0 Å². The molecule has 0 aromatic heterocycles. The molecule has 0 saturated carbocycles. The van der Waals surface area contributed by atoms with Crippen molar-refractivity contribution >= 4 is 5.69 Å². The van der Waals surface area contributed by atoms with E-state index in [4.69, 9.17) is 0 Å². The molecule has 1 N–H and O–H groups in total. The molecule has 0 radical (unpaired) electrons. The molecule has 17 heavy (non-hydrogen) atoms. The number of nitro groups is 1. The van der Waals surface area contributed by atoms with Crippen LogP contribution in [0, 0.1) is 17.0 Å². The Morgan fingerprint density at radius 2 is 2.12 bits per heavy atom. The maximum absolute atomic E-state index is 11.0. The summed E-state index contributed by atoms with van der Waals surface area (Å²) in [6, 6.07) is 5.27. The van der Waals surface area contributed by atoms with Gasteiger partial charge < -0.3 is 5.32 Å². The highest BCUT2D eigenvalue weighted by atomic mass is 16.6. The molecule has 5 nitrogen and oxygen atoms in total. The minimum atomic E-state index is -0.287. The van der Waals surface area contributed by atoms with Crippen LogP contribution in [0.1, 0.15) is 11.1 Å². The second-order valence-electron chi connectivity index (χ2n) is 4.36. The van der Waals surface area contributed by atoms with Gasteiger partial charge in [0, 0.05) is 44.4 Å². The number of hydrogen-bond acceptors (Lipinski definition) is 4. The molecule has 1 aliphatic heterocycles. The summed E-state index contributed by atoms with van der Waals surface area (Å²) in [6.45, 7) is 6.42. The van der Waals surface area contributed by atoms with Gasteiger partial charge in [-0.25, -0.2) is 0 Å². The molecule has 1 heterocycles. The maximum atomic E-state index is 11.0. The normalized spacial score (nSPS) is 17.0. The Labute approximate surface area is 101 Å². The summed E-state index contributed by atoms with van der Waals surface area (Å²) < 4.78 is 0. The highest BCUT2D eigenvalue weighted by Crippen LogP contribution is 2.23. The summed E-state index contributed by atoms with van der Waals surface area (Å²) in [5, 5.41) is 14.3. The summed E-state index contributed by atoms with van der Waals surface area (Å²) in [5.41, 5.74) is 2.08. The van der Waals surface area contributed by atoms with Gasteiger partial charge in [-0.15, -0.1) is 0 Å². The lowest BCUT2D eigenvalue weighted by Gasteiger charge is -2.27. The van der Waals surface area contributed by atoms with Crippen molar-refractivity contribution in [3.8, 4) is 0 Å². The van der Waals surface area contributed by atoms with Gasteiger partial charge in [0.1, 0.15) is 0 Å². The van der Waals surface area contributed by atoms with Gasteiger partial charge in [-0.1, -0.05) is 12.1 Å². The van der Waals surface area contributed by atoms with E-state index in [9.17, 15) is 10.1 Å². The Balaban J connectivity index is 2.21. The lowest BCUT2D eigenvalue weighted by molar-refractivity contribution is -0.385. The van der Waals surface area contributed by atoms with Gasteiger partial charge in [-0.3, -0.25) is 15.0 Å². The highest BCUT2D eigenvalue weighted by molar-refractivity contribution is 5.44. The summed E-state index contributed by atoms with van der Waals surface area (Å²) in [6.07, 6.45) is 0. The van der Waals surface area contributed by atoms with Crippen molar-refractivity contribution in [3.63, 3.8) is 0 Å². The van der Waals surface area contributed by atoms with E-state index in [-0.39, 0.29) is 10.6 Å². The van der Waals surface area contributed by atoms with Gasteiger partial charge in [0.05, 0.1) is 4.92 Å². The molecule has 1 fully saturated rings. The van der Waals surface area contributed by atoms with E-state index in [1.54, 1.807) is 12.1 Å². The van der Waals surface area contributed by atoms with Gasteiger partial charge in [-0.2, -0.15) is 0 Å². The van der Waals surface area contributed by atoms with E-state index < -0.39 is 0 Å². The summed E-state index contributed by atoms with van der Waals surface area (Å²) in [4.78, 5) is 13.0. The molecule has 0 atom stereocenters. The van der Waals surface area contributed by atoms with Gasteiger partial charge >= 0.3 is 0 Å². The van der Waals surface area contributed by atoms with Crippen LogP contribution in [0.3, 0.4) is 0 Å². The first-order valence-electron chi connectivity index (χ1n) is 5.84. The average molecular weight is 235 g/mol. The van der Waals surface area contributed by atoms with Crippen molar-refractivity contribution in [1.82, 2.24) is 10.2 Å². The van der Waals surface area contributed by atoms with Crippen LogP contribution >= 0.6 is 0 Å². The van der Waals surface area contributed by atoms with Gasteiger partial charge in [0.2, 0.25) is 0 Å². The Morgan fingerprint density at radius 3 is 2.76 bits per heavy atom. The monoisotopic (exact) mass is 235 g/mol.